The van der Waals surface area contributed by atoms with Crippen molar-refractivity contribution in [3.8, 4) is 0 Å². The van der Waals surface area contributed by atoms with Crippen molar-refractivity contribution in [1.82, 2.24) is 0 Å². The molecule has 0 saturated carbocycles. The first-order valence-corrected chi connectivity index (χ1v) is 10.1. The average molecular weight is 587 g/mol. The van der Waals surface area contributed by atoms with Gasteiger partial charge in [-0.25, -0.2) is 0 Å². The molecule has 0 aliphatic heterocycles. The Balaban J connectivity index is 6.28. The molecule has 0 radical (unpaired) electrons. The van der Waals surface area contributed by atoms with Crippen LogP contribution < -0.4 is 0 Å². The summed E-state index contributed by atoms with van der Waals surface area (Å²) in [5, 5.41) is -2.13. The van der Waals surface area contributed by atoms with Crippen molar-refractivity contribution in [1.29, 1.82) is 0 Å². The van der Waals surface area contributed by atoms with E-state index >= 15 is 0 Å². The van der Waals surface area contributed by atoms with E-state index in [-0.39, 0.29) is 12.8 Å². The minimum atomic E-state index is -8.43. The Hall–Kier alpha value is -1.55. The first-order chi connectivity index (χ1) is 15.9. The van der Waals surface area contributed by atoms with Crippen LogP contribution in [0.4, 0.5) is 65.9 Å². The number of hydrogen-bond donors (Lipinski definition) is 0. The summed E-state index contributed by atoms with van der Waals surface area (Å²) >= 11 is 4.66. The number of halogens is 16. The second-order valence-electron chi connectivity index (χ2n) is 7.37. The number of carbonyl (C=O) groups excluding carboxylic acids is 1. The van der Waals surface area contributed by atoms with Crippen LogP contribution in [0.5, 0.6) is 0 Å². The fraction of sp³-hybridized carbons (Fsp3) is 0.833. The molecule has 0 aromatic carbocycles. The maximum atomic E-state index is 14.2. The SMILES string of the molecule is CCCCCCCCO/C(=C\C(=O)Cl)C(F)(F)C(F)(F)C(F)(F)C(F)(F)C(F)(F)C(F)(F)C(F)(F)F. The van der Waals surface area contributed by atoms with Gasteiger partial charge in [-0.05, 0) is 18.0 Å². The summed E-state index contributed by atoms with van der Waals surface area (Å²) in [5.41, 5.74) is 0. The van der Waals surface area contributed by atoms with Crippen LogP contribution in [0.15, 0.2) is 11.8 Å². The van der Waals surface area contributed by atoms with Gasteiger partial charge in [-0.3, -0.25) is 4.79 Å². The fourth-order valence-corrected chi connectivity index (χ4v) is 2.61. The van der Waals surface area contributed by atoms with E-state index < -0.39 is 65.4 Å². The lowest BCUT2D eigenvalue weighted by molar-refractivity contribution is -0.451. The van der Waals surface area contributed by atoms with Crippen LogP contribution in [0.2, 0.25) is 0 Å². The molecule has 0 amide bonds. The lowest BCUT2D eigenvalue weighted by Gasteiger charge is -2.41. The van der Waals surface area contributed by atoms with E-state index in [4.69, 9.17) is 0 Å². The van der Waals surface area contributed by atoms with Crippen molar-refractivity contribution in [3.63, 3.8) is 0 Å². The van der Waals surface area contributed by atoms with Gasteiger partial charge in [0.1, 0.15) is 0 Å². The standard InChI is InChI=1S/C18H18ClF15O2/c1-2-3-4-5-6-7-8-36-10(9-11(19)35)12(20,21)13(22,23)14(24,25)15(26,27)16(28,29)17(30,31)18(32,33)34/h9H,2-8H2,1H3/b10-9-. The fourth-order valence-electron chi connectivity index (χ4n) is 2.51. The summed E-state index contributed by atoms with van der Waals surface area (Å²) in [6.07, 6.45) is -6.03. The molecule has 18 heteroatoms. The molecule has 214 valence electrons. The van der Waals surface area contributed by atoms with Crippen LogP contribution in [0, 0.1) is 0 Å². The lowest BCUT2D eigenvalue weighted by Crippen LogP contribution is -2.72. The van der Waals surface area contributed by atoms with Crippen molar-refractivity contribution in [2.45, 2.75) is 87.2 Å². The Morgan fingerprint density at radius 2 is 1.03 bits per heavy atom. The monoisotopic (exact) mass is 586 g/mol. The first kappa shape index (κ1) is 34.4. The first-order valence-electron chi connectivity index (χ1n) is 9.76. The predicted octanol–water partition coefficient (Wildman–Crippen LogP) is 8.39. The van der Waals surface area contributed by atoms with Gasteiger partial charge in [-0.2, -0.15) is 65.9 Å². The molecule has 0 aromatic rings. The summed E-state index contributed by atoms with van der Waals surface area (Å²) < 4.78 is 204. The molecule has 0 aliphatic rings. The molecule has 0 aromatic heterocycles. The molecule has 0 aliphatic carbocycles. The normalized spacial score (nSPS) is 15.3. The van der Waals surface area contributed by atoms with Gasteiger partial charge in [-0.15, -0.1) is 0 Å². The van der Waals surface area contributed by atoms with Gasteiger partial charge in [0.25, 0.3) is 0 Å². The molecule has 0 rings (SSSR count). The topological polar surface area (TPSA) is 26.3 Å². The summed E-state index contributed by atoms with van der Waals surface area (Å²) in [6, 6.07) is 0. The quantitative estimate of drug-likeness (QED) is 0.0633. The molecule has 0 fully saturated rings. The Morgan fingerprint density at radius 1 is 0.639 bits per heavy atom. The number of unbranched alkanes of at least 4 members (excludes halogenated alkanes) is 5. The van der Waals surface area contributed by atoms with E-state index in [0.29, 0.717) is 12.8 Å². The summed E-state index contributed by atoms with van der Waals surface area (Å²) in [7, 11) is 0. The zero-order chi connectivity index (χ0) is 29.0. The molecule has 0 N–H and O–H groups in total. The number of alkyl halides is 15. The number of allylic oxidation sites excluding steroid dienone is 2. The van der Waals surface area contributed by atoms with E-state index in [1.807, 2.05) is 6.92 Å². The molecule has 0 bridgehead atoms. The van der Waals surface area contributed by atoms with Gasteiger partial charge in [0, 0.05) is 6.08 Å². The van der Waals surface area contributed by atoms with Crippen LogP contribution in [0.1, 0.15) is 45.4 Å². The number of ether oxygens (including phenoxy) is 1. The highest BCUT2D eigenvalue weighted by molar-refractivity contribution is 6.66. The van der Waals surface area contributed by atoms with Crippen LogP contribution >= 0.6 is 11.6 Å². The molecule has 2 nitrogen and oxygen atoms in total. The molecule has 0 atom stereocenters. The summed E-state index contributed by atoms with van der Waals surface area (Å²) in [4.78, 5) is 10.8. The van der Waals surface area contributed by atoms with E-state index in [9.17, 15) is 70.7 Å². The average Bonchev–Trinajstić information content (AvgIpc) is 2.70. The minimum Gasteiger partial charge on any atom is -0.491 e. The Labute approximate surface area is 198 Å². The Bertz CT molecular complexity index is 775. The third-order valence-electron chi connectivity index (χ3n) is 4.64. The largest absolute Gasteiger partial charge is 0.491 e. The molecule has 0 heterocycles. The molecular weight excluding hydrogens is 569 g/mol. The lowest BCUT2D eigenvalue weighted by atomic mass is 9.90. The van der Waals surface area contributed by atoms with Gasteiger partial charge in [-0.1, -0.05) is 39.0 Å². The van der Waals surface area contributed by atoms with Crippen LogP contribution in [0.25, 0.3) is 0 Å². The van der Waals surface area contributed by atoms with Crippen molar-refractivity contribution < 1.29 is 75.4 Å². The second kappa shape index (κ2) is 11.5. The van der Waals surface area contributed by atoms with Crippen LogP contribution in [-0.4, -0.2) is 53.6 Å². The zero-order valence-electron chi connectivity index (χ0n) is 17.9. The maximum absolute atomic E-state index is 14.2. The highest BCUT2D eigenvalue weighted by atomic mass is 35.5. The van der Waals surface area contributed by atoms with Gasteiger partial charge < -0.3 is 4.74 Å². The van der Waals surface area contributed by atoms with E-state index in [1.165, 1.54) is 0 Å². The zero-order valence-corrected chi connectivity index (χ0v) is 18.6. The van der Waals surface area contributed by atoms with E-state index in [1.54, 1.807) is 0 Å². The predicted molar refractivity (Wildman–Crippen MR) is 94.0 cm³/mol. The van der Waals surface area contributed by atoms with Crippen LogP contribution in [-0.2, 0) is 9.53 Å². The minimum absolute atomic E-state index is 0.164. The Morgan fingerprint density at radius 3 is 1.44 bits per heavy atom. The summed E-state index contributed by atoms with van der Waals surface area (Å²) in [6.45, 7) is 0.781. The van der Waals surface area contributed by atoms with Crippen molar-refractivity contribution in [2.24, 2.45) is 0 Å². The van der Waals surface area contributed by atoms with E-state index in [2.05, 4.69) is 16.3 Å². The highest BCUT2D eigenvalue weighted by Crippen LogP contribution is 2.63. The molecular formula is C18H18ClF15O2. The second-order valence-corrected chi connectivity index (χ2v) is 7.75. The van der Waals surface area contributed by atoms with Gasteiger partial charge >= 0.3 is 41.7 Å². The van der Waals surface area contributed by atoms with Gasteiger partial charge in [0.15, 0.2) is 5.76 Å². The highest BCUT2D eigenvalue weighted by Gasteiger charge is 2.93. The number of hydrogen-bond acceptors (Lipinski definition) is 2. The van der Waals surface area contributed by atoms with Gasteiger partial charge in [0.2, 0.25) is 5.24 Å². The molecule has 0 spiro atoms. The molecule has 0 saturated heterocycles. The van der Waals surface area contributed by atoms with Crippen molar-refractivity contribution in [2.75, 3.05) is 6.61 Å². The van der Waals surface area contributed by atoms with Crippen LogP contribution in [0.3, 0.4) is 0 Å². The van der Waals surface area contributed by atoms with Crippen molar-refractivity contribution in [3.05, 3.63) is 11.8 Å². The molecule has 0 unspecified atom stereocenters. The third-order valence-corrected chi connectivity index (χ3v) is 4.75. The Kier molecular flexibility index (Phi) is 11.0. The smallest absolute Gasteiger partial charge is 0.460 e. The third kappa shape index (κ3) is 6.29. The number of rotatable bonds is 15. The number of carbonyl (C=O) groups is 1. The maximum Gasteiger partial charge on any atom is 0.460 e. The summed E-state index contributed by atoms with van der Waals surface area (Å²) in [5.74, 6) is -50.6. The van der Waals surface area contributed by atoms with Gasteiger partial charge in [0.05, 0.1) is 6.61 Å². The molecule has 36 heavy (non-hydrogen) atoms. The van der Waals surface area contributed by atoms with E-state index in [0.717, 1.165) is 12.8 Å². The van der Waals surface area contributed by atoms with Crippen molar-refractivity contribution >= 4 is 16.8 Å².